The van der Waals surface area contributed by atoms with Gasteiger partial charge in [0.05, 0.1) is 6.61 Å². The fraction of sp³-hybridized carbons (Fsp3) is 0.889. The summed E-state index contributed by atoms with van der Waals surface area (Å²) in [5, 5.41) is 0. The average molecular weight is 189 g/mol. The van der Waals surface area contributed by atoms with Crippen molar-refractivity contribution in [2.24, 2.45) is 11.7 Å². The number of rotatable bonds is 6. The molecule has 0 fully saturated rings. The first-order chi connectivity index (χ1) is 6.07. The molecule has 0 rings (SSSR count). The number of hydrogen-bond donors (Lipinski definition) is 1. The van der Waals surface area contributed by atoms with Crippen molar-refractivity contribution in [3.8, 4) is 0 Å². The van der Waals surface area contributed by atoms with Crippen molar-refractivity contribution in [1.29, 1.82) is 0 Å². The van der Waals surface area contributed by atoms with Gasteiger partial charge in [0.25, 0.3) is 0 Å². The molecular weight excluding hydrogens is 170 g/mol. The second-order valence-electron chi connectivity index (χ2n) is 3.41. The van der Waals surface area contributed by atoms with Gasteiger partial charge in [0.2, 0.25) is 0 Å². The molecule has 0 aromatic rings. The molecule has 0 bridgehead atoms. The van der Waals surface area contributed by atoms with Crippen LogP contribution in [0.5, 0.6) is 0 Å². The molecule has 4 heteroatoms. The van der Waals surface area contributed by atoms with Gasteiger partial charge in [-0.25, -0.2) is 0 Å². The van der Waals surface area contributed by atoms with E-state index in [0.29, 0.717) is 25.6 Å². The maximum atomic E-state index is 11.2. The Morgan fingerprint density at radius 3 is 2.54 bits per heavy atom. The van der Waals surface area contributed by atoms with Crippen LogP contribution in [0.15, 0.2) is 0 Å². The van der Waals surface area contributed by atoms with Crippen LogP contribution in [0.3, 0.4) is 0 Å². The third-order valence-electron chi connectivity index (χ3n) is 1.49. The molecule has 0 aromatic carbocycles. The smallest absolute Gasteiger partial charge is 0.323 e. The zero-order chi connectivity index (χ0) is 10.3. The molecule has 0 spiro atoms. The van der Waals surface area contributed by atoms with Crippen molar-refractivity contribution < 1.29 is 14.3 Å². The Kier molecular flexibility index (Phi) is 6.54. The van der Waals surface area contributed by atoms with E-state index in [1.807, 2.05) is 13.8 Å². The van der Waals surface area contributed by atoms with Gasteiger partial charge < -0.3 is 15.2 Å². The quantitative estimate of drug-likeness (QED) is 0.620. The van der Waals surface area contributed by atoms with Crippen molar-refractivity contribution in [2.45, 2.75) is 26.3 Å². The summed E-state index contributed by atoms with van der Waals surface area (Å²) in [6.45, 7) is 4.87. The van der Waals surface area contributed by atoms with Gasteiger partial charge in [0.15, 0.2) is 0 Å². The van der Waals surface area contributed by atoms with Crippen LogP contribution in [-0.2, 0) is 14.3 Å². The summed E-state index contributed by atoms with van der Waals surface area (Å²) < 4.78 is 9.74. The Balaban J connectivity index is 3.57. The summed E-state index contributed by atoms with van der Waals surface area (Å²) in [7, 11) is 1.58. The van der Waals surface area contributed by atoms with Gasteiger partial charge >= 0.3 is 5.97 Å². The summed E-state index contributed by atoms with van der Waals surface area (Å²) in [6, 6.07) is -0.557. The Morgan fingerprint density at radius 1 is 1.46 bits per heavy atom. The van der Waals surface area contributed by atoms with E-state index in [1.54, 1.807) is 7.11 Å². The molecule has 1 unspecified atom stereocenters. The van der Waals surface area contributed by atoms with Gasteiger partial charge in [-0.15, -0.1) is 0 Å². The Bertz CT molecular complexity index is 148. The van der Waals surface area contributed by atoms with E-state index in [9.17, 15) is 4.79 Å². The molecule has 0 aliphatic carbocycles. The monoisotopic (exact) mass is 189 g/mol. The van der Waals surface area contributed by atoms with Gasteiger partial charge in [-0.2, -0.15) is 0 Å². The predicted molar refractivity (Wildman–Crippen MR) is 50.3 cm³/mol. The van der Waals surface area contributed by atoms with Crippen LogP contribution in [-0.4, -0.2) is 32.3 Å². The molecule has 0 aliphatic rings. The standard InChI is InChI=1S/C9H19NO3/c1-7(2)6-13-9(11)8(10)4-5-12-3/h7-8H,4-6,10H2,1-3H3. The largest absolute Gasteiger partial charge is 0.464 e. The third kappa shape index (κ3) is 6.54. The Labute approximate surface area is 79.4 Å². The molecule has 2 N–H and O–H groups in total. The van der Waals surface area contributed by atoms with Crippen LogP contribution < -0.4 is 5.73 Å². The van der Waals surface area contributed by atoms with Crippen LogP contribution in [0.25, 0.3) is 0 Å². The first-order valence-electron chi connectivity index (χ1n) is 4.49. The van der Waals surface area contributed by atoms with E-state index in [2.05, 4.69) is 0 Å². The van der Waals surface area contributed by atoms with E-state index in [-0.39, 0.29) is 5.97 Å². The molecule has 0 aliphatic heterocycles. The minimum absolute atomic E-state index is 0.342. The van der Waals surface area contributed by atoms with Gasteiger partial charge in [-0.05, 0) is 12.3 Å². The molecule has 0 radical (unpaired) electrons. The SMILES string of the molecule is COCCC(N)C(=O)OCC(C)C. The van der Waals surface area contributed by atoms with Crippen molar-refractivity contribution in [2.75, 3.05) is 20.3 Å². The second kappa shape index (κ2) is 6.86. The first-order valence-corrected chi connectivity index (χ1v) is 4.49. The number of carbonyl (C=O) groups excluding carboxylic acids is 1. The number of esters is 1. The van der Waals surface area contributed by atoms with Crippen molar-refractivity contribution in [3.05, 3.63) is 0 Å². The van der Waals surface area contributed by atoms with Gasteiger partial charge in [-0.1, -0.05) is 13.8 Å². The highest BCUT2D eigenvalue weighted by Crippen LogP contribution is 1.97. The molecule has 4 nitrogen and oxygen atoms in total. The van der Waals surface area contributed by atoms with Crippen molar-refractivity contribution >= 4 is 5.97 Å². The van der Waals surface area contributed by atoms with Crippen molar-refractivity contribution in [1.82, 2.24) is 0 Å². The van der Waals surface area contributed by atoms with Gasteiger partial charge in [0, 0.05) is 13.7 Å². The number of nitrogens with two attached hydrogens (primary N) is 1. The molecular formula is C9H19NO3. The van der Waals surface area contributed by atoms with E-state index in [0.717, 1.165) is 0 Å². The third-order valence-corrected chi connectivity index (χ3v) is 1.49. The predicted octanol–water partition coefficient (Wildman–Crippen LogP) is 0.549. The van der Waals surface area contributed by atoms with Gasteiger partial charge in [0.1, 0.15) is 6.04 Å². The highest BCUT2D eigenvalue weighted by Gasteiger charge is 2.14. The molecule has 0 saturated carbocycles. The van der Waals surface area contributed by atoms with E-state index in [4.69, 9.17) is 15.2 Å². The van der Waals surface area contributed by atoms with Crippen LogP contribution in [0.2, 0.25) is 0 Å². The topological polar surface area (TPSA) is 61.5 Å². The minimum atomic E-state index is -0.557. The van der Waals surface area contributed by atoms with E-state index >= 15 is 0 Å². The summed E-state index contributed by atoms with van der Waals surface area (Å²) in [4.78, 5) is 11.2. The van der Waals surface area contributed by atoms with Gasteiger partial charge in [-0.3, -0.25) is 4.79 Å². The van der Waals surface area contributed by atoms with Crippen LogP contribution in [0.4, 0.5) is 0 Å². The number of methoxy groups -OCH3 is 1. The summed E-state index contributed by atoms with van der Waals surface area (Å²) in [5.41, 5.74) is 5.53. The summed E-state index contributed by atoms with van der Waals surface area (Å²) in [5.74, 6) is 0.00400. The maximum absolute atomic E-state index is 11.2. The summed E-state index contributed by atoms with van der Waals surface area (Å²) >= 11 is 0. The highest BCUT2D eigenvalue weighted by atomic mass is 16.5. The average Bonchev–Trinajstić information content (AvgIpc) is 2.10. The Morgan fingerprint density at radius 2 is 2.08 bits per heavy atom. The molecule has 0 heterocycles. The van der Waals surface area contributed by atoms with Crippen molar-refractivity contribution in [3.63, 3.8) is 0 Å². The van der Waals surface area contributed by atoms with E-state index in [1.165, 1.54) is 0 Å². The molecule has 0 aromatic heterocycles. The highest BCUT2D eigenvalue weighted by molar-refractivity contribution is 5.75. The molecule has 13 heavy (non-hydrogen) atoms. The normalized spacial score (nSPS) is 13.0. The lowest BCUT2D eigenvalue weighted by Gasteiger charge is -2.12. The molecule has 78 valence electrons. The van der Waals surface area contributed by atoms with Crippen LogP contribution >= 0.6 is 0 Å². The number of ether oxygens (including phenoxy) is 2. The lowest BCUT2D eigenvalue weighted by molar-refractivity contribution is -0.146. The first kappa shape index (κ1) is 12.4. The zero-order valence-corrected chi connectivity index (χ0v) is 8.58. The number of hydrogen-bond acceptors (Lipinski definition) is 4. The lowest BCUT2D eigenvalue weighted by atomic mass is 10.2. The number of carbonyl (C=O) groups is 1. The fourth-order valence-electron chi connectivity index (χ4n) is 0.719. The zero-order valence-electron chi connectivity index (χ0n) is 8.58. The van der Waals surface area contributed by atoms with Crippen LogP contribution in [0, 0.1) is 5.92 Å². The van der Waals surface area contributed by atoms with E-state index < -0.39 is 6.04 Å². The fourth-order valence-corrected chi connectivity index (χ4v) is 0.719. The molecule has 0 saturated heterocycles. The summed E-state index contributed by atoms with van der Waals surface area (Å²) in [6.07, 6.45) is 0.507. The van der Waals surface area contributed by atoms with Crippen LogP contribution in [0.1, 0.15) is 20.3 Å². The maximum Gasteiger partial charge on any atom is 0.323 e. The molecule has 0 amide bonds. The second-order valence-corrected chi connectivity index (χ2v) is 3.41. The minimum Gasteiger partial charge on any atom is -0.464 e. The molecule has 1 atom stereocenters. The lowest BCUT2D eigenvalue weighted by Crippen LogP contribution is -2.34. The Hall–Kier alpha value is -0.610.